The summed E-state index contributed by atoms with van der Waals surface area (Å²) in [5.41, 5.74) is 0.870. The predicted octanol–water partition coefficient (Wildman–Crippen LogP) is 3.07. The molecule has 2 aromatic rings. The lowest BCUT2D eigenvalue weighted by molar-refractivity contribution is -0.138. The van der Waals surface area contributed by atoms with Crippen LogP contribution < -0.4 is 14.8 Å². The van der Waals surface area contributed by atoms with E-state index in [1.807, 2.05) is 24.3 Å². The molecular weight excluding hydrogens is 369 g/mol. The zero-order valence-corrected chi connectivity index (χ0v) is 16.1. The summed E-state index contributed by atoms with van der Waals surface area (Å²) in [6, 6.07) is 13.7. The van der Waals surface area contributed by atoms with Crippen LogP contribution in [0.3, 0.4) is 0 Å². The van der Waals surface area contributed by atoms with Crippen molar-refractivity contribution in [2.45, 2.75) is 12.5 Å². The Bertz CT molecular complexity index is 836. The van der Waals surface area contributed by atoms with Gasteiger partial charge in [0.05, 0.1) is 26.1 Å². The minimum absolute atomic E-state index is 0.274. The van der Waals surface area contributed by atoms with E-state index in [4.69, 9.17) is 14.0 Å². The van der Waals surface area contributed by atoms with Crippen LogP contribution in [0.25, 0.3) is 0 Å². The van der Waals surface area contributed by atoms with Gasteiger partial charge in [0.1, 0.15) is 18.0 Å². The van der Waals surface area contributed by atoms with E-state index < -0.39 is 13.5 Å². The lowest BCUT2D eigenvalue weighted by Crippen LogP contribution is -2.39. The number of ether oxygens (including phenoxy) is 2. The summed E-state index contributed by atoms with van der Waals surface area (Å²) in [5, 5.41) is 9.86. The van der Waals surface area contributed by atoms with Gasteiger partial charge in [-0.1, -0.05) is 12.1 Å². The van der Waals surface area contributed by atoms with Crippen LogP contribution in [-0.2, 0) is 13.9 Å². The second-order valence-electron chi connectivity index (χ2n) is 6.12. The van der Waals surface area contributed by atoms with E-state index in [0.717, 1.165) is 5.56 Å². The molecule has 1 saturated heterocycles. The first-order chi connectivity index (χ1) is 13.0. The highest BCUT2D eigenvalue weighted by Gasteiger charge is 2.43. The van der Waals surface area contributed by atoms with Crippen molar-refractivity contribution in [3.63, 3.8) is 0 Å². The molecule has 1 aliphatic rings. The van der Waals surface area contributed by atoms with Crippen LogP contribution >= 0.6 is 7.52 Å². The van der Waals surface area contributed by atoms with Gasteiger partial charge in [-0.15, -0.1) is 0 Å². The number of hydrogen-bond acceptors (Lipinski definition) is 5. The van der Waals surface area contributed by atoms with Gasteiger partial charge in [-0.25, -0.2) is 4.67 Å². The maximum Gasteiger partial charge on any atom is 0.318 e. The van der Waals surface area contributed by atoms with Gasteiger partial charge < -0.3 is 19.1 Å². The number of nitrogens with zero attached hydrogens (tertiary/aromatic N) is 1. The van der Waals surface area contributed by atoms with Gasteiger partial charge >= 0.3 is 13.5 Å². The third-order valence-corrected chi connectivity index (χ3v) is 7.13. The van der Waals surface area contributed by atoms with Crippen LogP contribution in [0.2, 0.25) is 0 Å². The smallest absolute Gasteiger partial charge is 0.318 e. The summed E-state index contributed by atoms with van der Waals surface area (Å²) < 4.78 is 31.3. The first-order valence-corrected chi connectivity index (χ1v) is 10.1. The Morgan fingerprint density at radius 3 is 2.19 bits per heavy atom. The van der Waals surface area contributed by atoms with Crippen molar-refractivity contribution in [1.82, 2.24) is 4.67 Å². The molecule has 2 aromatic carbocycles. The Morgan fingerprint density at radius 2 is 1.67 bits per heavy atom. The molecule has 3 rings (SSSR count). The standard InChI is InChI=1S/C19H22NO6P/c1-24-15-5-3-14(4-6-15)18-11-12-26-27(23,20(18)13-19(21)22)17-9-7-16(25-2)8-10-17/h3-10,18H,11-13H2,1-2H3,(H,21,22). The van der Waals surface area contributed by atoms with Crippen molar-refractivity contribution in [3.8, 4) is 11.5 Å². The van der Waals surface area contributed by atoms with Gasteiger partial charge in [0.15, 0.2) is 0 Å². The van der Waals surface area contributed by atoms with Crippen LogP contribution in [-0.4, -0.2) is 43.1 Å². The number of hydrogen-bond donors (Lipinski definition) is 1. The first-order valence-electron chi connectivity index (χ1n) is 8.50. The number of carbonyl (C=O) groups is 1. The average Bonchev–Trinajstić information content (AvgIpc) is 2.69. The zero-order chi connectivity index (χ0) is 19.4. The molecule has 1 heterocycles. The monoisotopic (exact) mass is 391 g/mol. The minimum Gasteiger partial charge on any atom is -0.497 e. The predicted molar refractivity (Wildman–Crippen MR) is 101 cm³/mol. The second kappa shape index (κ2) is 8.13. The van der Waals surface area contributed by atoms with Gasteiger partial charge in [0.25, 0.3) is 0 Å². The molecule has 0 spiro atoms. The van der Waals surface area contributed by atoms with Crippen molar-refractivity contribution in [2.75, 3.05) is 27.4 Å². The number of carboxylic acids is 1. The van der Waals surface area contributed by atoms with Crippen LogP contribution in [0, 0.1) is 0 Å². The van der Waals surface area contributed by atoms with Gasteiger partial charge in [-0.2, -0.15) is 0 Å². The summed E-state index contributed by atoms with van der Waals surface area (Å²) in [5.74, 6) is 0.264. The highest BCUT2D eigenvalue weighted by atomic mass is 31.2. The molecular formula is C19H22NO6P. The Balaban J connectivity index is 2.00. The Labute approximate surface area is 158 Å². The summed E-state index contributed by atoms with van der Waals surface area (Å²) in [6.45, 7) is -0.115. The van der Waals surface area contributed by atoms with E-state index in [-0.39, 0.29) is 19.2 Å². The molecule has 1 fully saturated rings. The molecule has 0 aliphatic carbocycles. The molecule has 144 valence electrons. The van der Waals surface area contributed by atoms with Gasteiger partial charge in [-0.05, 0) is 48.4 Å². The molecule has 27 heavy (non-hydrogen) atoms. The third kappa shape index (κ3) is 4.00. The normalized spacial score (nSPS) is 23.0. The lowest BCUT2D eigenvalue weighted by Gasteiger charge is -2.40. The zero-order valence-electron chi connectivity index (χ0n) is 15.2. The maximum absolute atomic E-state index is 13.8. The van der Waals surface area contributed by atoms with Gasteiger partial charge in [-0.3, -0.25) is 9.36 Å². The Hall–Kier alpha value is -2.34. The quantitative estimate of drug-likeness (QED) is 0.758. The largest absolute Gasteiger partial charge is 0.497 e. The second-order valence-corrected chi connectivity index (χ2v) is 8.45. The van der Waals surface area contributed by atoms with Gasteiger partial charge in [0.2, 0.25) is 0 Å². The van der Waals surface area contributed by atoms with E-state index in [9.17, 15) is 14.5 Å². The number of methoxy groups -OCH3 is 2. The first kappa shape index (κ1) is 19.4. The molecule has 7 nitrogen and oxygen atoms in total. The van der Waals surface area contributed by atoms with E-state index in [1.54, 1.807) is 38.5 Å². The van der Waals surface area contributed by atoms with Crippen LogP contribution in [0.5, 0.6) is 11.5 Å². The molecule has 1 aliphatic heterocycles. The van der Waals surface area contributed by atoms with Crippen molar-refractivity contribution < 1.29 is 28.5 Å². The van der Waals surface area contributed by atoms with E-state index in [1.165, 1.54) is 4.67 Å². The molecule has 0 amide bonds. The number of carboxylic acid groups (broad SMARTS) is 1. The fraction of sp³-hybridized carbons (Fsp3) is 0.316. The van der Waals surface area contributed by atoms with Crippen LogP contribution in [0.4, 0.5) is 0 Å². The molecule has 2 unspecified atom stereocenters. The molecule has 0 bridgehead atoms. The Kier molecular flexibility index (Phi) is 5.85. The van der Waals surface area contributed by atoms with E-state index >= 15 is 0 Å². The number of aliphatic carboxylic acids is 1. The highest BCUT2D eigenvalue weighted by Crippen LogP contribution is 2.57. The average molecular weight is 391 g/mol. The van der Waals surface area contributed by atoms with Crippen LogP contribution in [0.15, 0.2) is 48.5 Å². The molecule has 2 atom stereocenters. The summed E-state index contributed by atoms with van der Waals surface area (Å²) in [7, 11) is -0.407. The highest BCUT2D eigenvalue weighted by molar-refractivity contribution is 7.64. The molecule has 0 radical (unpaired) electrons. The molecule has 0 aromatic heterocycles. The van der Waals surface area contributed by atoms with Crippen molar-refractivity contribution >= 4 is 18.8 Å². The number of benzene rings is 2. The fourth-order valence-electron chi connectivity index (χ4n) is 3.19. The van der Waals surface area contributed by atoms with Crippen LogP contribution in [0.1, 0.15) is 18.0 Å². The van der Waals surface area contributed by atoms with Crippen molar-refractivity contribution in [1.29, 1.82) is 0 Å². The van der Waals surface area contributed by atoms with E-state index in [2.05, 4.69) is 0 Å². The minimum atomic E-state index is -3.53. The summed E-state index contributed by atoms with van der Waals surface area (Å²) in [6.07, 6.45) is 0.541. The van der Waals surface area contributed by atoms with E-state index in [0.29, 0.717) is 23.2 Å². The third-order valence-electron chi connectivity index (χ3n) is 4.55. The SMILES string of the molecule is COc1ccc(C2CCOP(=O)(c3ccc(OC)cc3)N2CC(=O)O)cc1. The number of rotatable bonds is 6. The summed E-state index contributed by atoms with van der Waals surface area (Å²) in [4.78, 5) is 11.5. The summed E-state index contributed by atoms with van der Waals surface area (Å²) >= 11 is 0. The van der Waals surface area contributed by atoms with Crippen molar-refractivity contribution in [2.24, 2.45) is 0 Å². The topological polar surface area (TPSA) is 85.3 Å². The molecule has 0 saturated carbocycles. The Morgan fingerprint density at radius 1 is 1.11 bits per heavy atom. The molecule has 8 heteroatoms. The van der Waals surface area contributed by atoms with Crippen molar-refractivity contribution in [3.05, 3.63) is 54.1 Å². The molecule has 1 N–H and O–H groups in total. The fourth-order valence-corrected chi connectivity index (χ4v) is 5.59. The maximum atomic E-state index is 13.8. The lowest BCUT2D eigenvalue weighted by atomic mass is 10.0. The van der Waals surface area contributed by atoms with Gasteiger partial charge in [0, 0.05) is 6.04 Å².